The third-order valence-corrected chi connectivity index (χ3v) is 3.14. The Morgan fingerprint density at radius 1 is 1.15 bits per heavy atom. The van der Waals surface area contributed by atoms with E-state index < -0.39 is 0 Å². The maximum absolute atomic E-state index is 5.44. The molecule has 2 rings (SSSR count). The second kappa shape index (κ2) is 9.52. The van der Waals surface area contributed by atoms with Gasteiger partial charge in [-0.05, 0) is 5.92 Å². The van der Waals surface area contributed by atoms with Crippen LogP contribution in [0.5, 0.6) is 0 Å². The second-order valence-electron chi connectivity index (χ2n) is 5.28. The number of aromatic nitrogens is 2. The Labute approximate surface area is 132 Å². The molecule has 2 heterocycles. The number of nitrogens with zero attached hydrogens (tertiary/aromatic N) is 4. The molecule has 1 saturated heterocycles. The highest BCUT2D eigenvalue weighted by Gasteiger charge is 2.19. The van der Waals surface area contributed by atoms with Crippen molar-refractivity contribution in [3.05, 3.63) is 11.7 Å². The Morgan fingerprint density at radius 2 is 1.75 bits per heavy atom. The first-order valence-corrected chi connectivity index (χ1v) is 6.63. The molecule has 1 fully saturated rings. The summed E-state index contributed by atoms with van der Waals surface area (Å²) in [6.45, 7) is 11.2. The van der Waals surface area contributed by atoms with E-state index in [1.807, 2.05) is 0 Å². The summed E-state index contributed by atoms with van der Waals surface area (Å²) in [5.74, 6) is 2.00. The first-order chi connectivity index (χ1) is 8.67. The van der Waals surface area contributed by atoms with Gasteiger partial charge < -0.3 is 15.2 Å². The van der Waals surface area contributed by atoms with Crippen molar-refractivity contribution in [2.24, 2.45) is 11.7 Å². The van der Waals surface area contributed by atoms with Crippen LogP contribution in [-0.4, -0.2) is 52.7 Å². The molecule has 0 spiro atoms. The van der Waals surface area contributed by atoms with Gasteiger partial charge in [0, 0.05) is 32.7 Å². The molecule has 1 aliphatic rings. The lowest BCUT2D eigenvalue weighted by Crippen LogP contribution is -2.47. The molecule has 0 bridgehead atoms. The summed E-state index contributed by atoms with van der Waals surface area (Å²) >= 11 is 0. The highest BCUT2D eigenvalue weighted by atomic mass is 35.5. The number of piperazine rings is 1. The van der Waals surface area contributed by atoms with Crippen molar-refractivity contribution in [1.29, 1.82) is 0 Å². The minimum absolute atomic E-state index is 0. The first-order valence-electron chi connectivity index (χ1n) is 6.63. The lowest BCUT2D eigenvalue weighted by Gasteiger charge is -2.34. The Kier molecular flexibility index (Phi) is 9.33. The van der Waals surface area contributed by atoms with Gasteiger partial charge in [-0.2, -0.15) is 4.98 Å². The summed E-state index contributed by atoms with van der Waals surface area (Å²) in [4.78, 5) is 9.11. The lowest BCUT2D eigenvalue weighted by molar-refractivity contribution is 0.115. The predicted octanol–water partition coefficient (Wildman–Crippen LogP) is 1.15. The van der Waals surface area contributed by atoms with E-state index in [9.17, 15) is 0 Å². The van der Waals surface area contributed by atoms with Crippen LogP contribution in [0.25, 0.3) is 0 Å². The average molecular weight is 326 g/mol. The van der Waals surface area contributed by atoms with Gasteiger partial charge in [0.25, 0.3) is 0 Å². The second-order valence-corrected chi connectivity index (χ2v) is 5.28. The van der Waals surface area contributed by atoms with Crippen LogP contribution >= 0.6 is 24.8 Å². The van der Waals surface area contributed by atoms with E-state index in [-0.39, 0.29) is 24.8 Å². The van der Waals surface area contributed by atoms with Gasteiger partial charge >= 0.3 is 0 Å². The number of halogens is 2. The van der Waals surface area contributed by atoms with Crippen molar-refractivity contribution in [3.8, 4) is 0 Å². The fourth-order valence-electron chi connectivity index (χ4n) is 2.28. The molecule has 2 N–H and O–H groups in total. The zero-order chi connectivity index (χ0) is 13.0. The highest BCUT2D eigenvalue weighted by molar-refractivity contribution is 5.85. The molecule has 0 unspecified atom stereocenters. The third kappa shape index (κ3) is 5.93. The molecule has 6 nitrogen and oxygen atoms in total. The van der Waals surface area contributed by atoms with Gasteiger partial charge in [0.05, 0.1) is 13.1 Å². The maximum atomic E-state index is 5.44. The molecule has 0 radical (unpaired) electrons. The summed E-state index contributed by atoms with van der Waals surface area (Å²) < 4.78 is 5.01. The Hall–Kier alpha value is -0.400. The van der Waals surface area contributed by atoms with Gasteiger partial charge in [-0.25, -0.2) is 0 Å². The molecule has 118 valence electrons. The minimum atomic E-state index is 0. The third-order valence-electron chi connectivity index (χ3n) is 3.14. The summed E-state index contributed by atoms with van der Waals surface area (Å²) in [6, 6.07) is 0. The molecule has 8 heteroatoms. The van der Waals surface area contributed by atoms with E-state index in [1.165, 1.54) is 6.54 Å². The van der Waals surface area contributed by atoms with Gasteiger partial charge in [-0.15, -0.1) is 24.8 Å². The van der Waals surface area contributed by atoms with Gasteiger partial charge in [0.15, 0.2) is 5.82 Å². The van der Waals surface area contributed by atoms with Crippen LogP contribution < -0.4 is 5.73 Å². The molecule has 0 aliphatic carbocycles. The molecule has 0 amide bonds. The van der Waals surface area contributed by atoms with Crippen LogP contribution in [0.15, 0.2) is 4.52 Å². The van der Waals surface area contributed by atoms with E-state index >= 15 is 0 Å². The number of hydrogen-bond acceptors (Lipinski definition) is 6. The standard InChI is InChI=1S/C12H23N5O.2ClH/c1-10(2)8-16-3-5-17(6-4-16)9-11-14-12(7-13)18-15-11;;/h10H,3-9,13H2,1-2H3;2*1H. The van der Waals surface area contributed by atoms with Gasteiger partial charge in [0.2, 0.25) is 5.89 Å². The van der Waals surface area contributed by atoms with Crippen LogP contribution in [0.2, 0.25) is 0 Å². The van der Waals surface area contributed by atoms with Crippen molar-refractivity contribution >= 4 is 24.8 Å². The molecule has 1 aliphatic heterocycles. The normalized spacial score (nSPS) is 16.8. The quantitative estimate of drug-likeness (QED) is 0.875. The van der Waals surface area contributed by atoms with Crippen LogP contribution in [0.4, 0.5) is 0 Å². The summed E-state index contributed by atoms with van der Waals surface area (Å²) in [5, 5.41) is 3.93. The average Bonchev–Trinajstić information content (AvgIpc) is 2.79. The predicted molar refractivity (Wildman–Crippen MR) is 83.2 cm³/mol. The van der Waals surface area contributed by atoms with E-state index in [0.717, 1.165) is 44.5 Å². The number of nitrogens with two attached hydrogens (primary N) is 1. The fraction of sp³-hybridized carbons (Fsp3) is 0.833. The van der Waals surface area contributed by atoms with Crippen molar-refractivity contribution in [3.63, 3.8) is 0 Å². The minimum Gasteiger partial charge on any atom is -0.338 e. The molecule has 1 aromatic rings. The number of rotatable bonds is 5. The van der Waals surface area contributed by atoms with Crippen molar-refractivity contribution in [1.82, 2.24) is 19.9 Å². The molecule has 0 saturated carbocycles. The molecule has 0 aromatic carbocycles. The Balaban J connectivity index is 0.00000180. The van der Waals surface area contributed by atoms with Crippen LogP contribution in [0.1, 0.15) is 25.6 Å². The monoisotopic (exact) mass is 325 g/mol. The Morgan fingerprint density at radius 3 is 2.25 bits per heavy atom. The molecule has 0 atom stereocenters. The van der Waals surface area contributed by atoms with Crippen LogP contribution in [0, 0.1) is 5.92 Å². The molecular formula is C12H25Cl2N5O. The van der Waals surface area contributed by atoms with E-state index in [1.54, 1.807) is 0 Å². The topological polar surface area (TPSA) is 71.4 Å². The van der Waals surface area contributed by atoms with Gasteiger partial charge in [-0.3, -0.25) is 4.90 Å². The van der Waals surface area contributed by atoms with Crippen molar-refractivity contribution in [2.75, 3.05) is 32.7 Å². The SMILES string of the molecule is CC(C)CN1CCN(Cc2noc(CN)n2)CC1.Cl.Cl. The highest BCUT2D eigenvalue weighted by Crippen LogP contribution is 2.08. The van der Waals surface area contributed by atoms with Crippen LogP contribution in [0.3, 0.4) is 0 Å². The Bertz CT molecular complexity index is 366. The fourth-order valence-corrected chi connectivity index (χ4v) is 2.28. The van der Waals surface area contributed by atoms with Crippen molar-refractivity contribution in [2.45, 2.75) is 26.9 Å². The van der Waals surface area contributed by atoms with E-state index in [0.29, 0.717) is 12.4 Å². The van der Waals surface area contributed by atoms with E-state index in [2.05, 4.69) is 33.8 Å². The number of hydrogen-bond donors (Lipinski definition) is 1. The van der Waals surface area contributed by atoms with E-state index in [4.69, 9.17) is 10.3 Å². The van der Waals surface area contributed by atoms with Gasteiger partial charge in [-0.1, -0.05) is 19.0 Å². The maximum Gasteiger partial charge on any atom is 0.240 e. The smallest absolute Gasteiger partial charge is 0.240 e. The molecular weight excluding hydrogens is 301 g/mol. The summed E-state index contributed by atoms with van der Waals surface area (Å²) in [6.07, 6.45) is 0. The summed E-state index contributed by atoms with van der Waals surface area (Å²) in [5.41, 5.74) is 5.44. The van der Waals surface area contributed by atoms with Gasteiger partial charge in [0.1, 0.15) is 0 Å². The molecule has 20 heavy (non-hydrogen) atoms. The largest absolute Gasteiger partial charge is 0.338 e. The van der Waals surface area contributed by atoms with Crippen molar-refractivity contribution < 1.29 is 4.52 Å². The first kappa shape index (κ1) is 19.6. The zero-order valence-corrected chi connectivity index (χ0v) is 13.8. The molecule has 1 aromatic heterocycles. The zero-order valence-electron chi connectivity index (χ0n) is 12.1. The summed E-state index contributed by atoms with van der Waals surface area (Å²) in [7, 11) is 0. The van der Waals surface area contributed by atoms with Crippen LogP contribution in [-0.2, 0) is 13.1 Å². The lowest BCUT2D eigenvalue weighted by atomic mass is 10.2.